The molecule has 0 radical (unpaired) electrons. The Morgan fingerprint density at radius 2 is 1.89 bits per heavy atom. The highest BCUT2D eigenvalue weighted by molar-refractivity contribution is 6.40. The number of benzene rings is 1. The number of ether oxygens (including phenoxy) is 1. The van der Waals surface area contributed by atoms with E-state index in [4.69, 9.17) is 0 Å². The number of Topliss-reactive ketones (excluding diaryl/α,β-unsaturated/α-hetero) is 1. The van der Waals surface area contributed by atoms with Gasteiger partial charge in [-0.25, -0.2) is 4.39 Å². The van der Waals surface area contributed by atoms with Crippen molar-refractivity contribution in [3.05, 3.63) is 30.1 Å². The van der Waals surface area contributed by atoms with Crippen LogP contribution in [-0.4, -0.2) is 72.0 Å². The molecule has 1 saturated carbocycles. The topological polar surface area (TPSA) is 134 Å². The number of carbonyl (C=O) groups is 5. The molecule has 3 aliphatic heterocycles. The maximum Gasteiger partial charge on any atom is 0.522 e. The van der Waals surface area contributed by atoms with E-state index in [0.29, 0.717) is 13.0 Å². The summed E-state index contributed by atoms with van der Waals surface area (Å²) in [6.45, 7) is -0.980. The van der Waals surface area contributed by atoms with Gasteiger partial charge in [-0.2, -0.15) is 0 Å². The summed E-state index contributed by atoms with van der Waals surface area (Å²) in [6.07, 6.45) is -4.64. The molecule has 1 aromatic carbocycles. The van der Waals surface area contributed by atoms with Crippen molar-refractivity contribution in [1.82, 2.24) is 15.5 Å². The molecule has 2 atom stereocenters. The van der Waals surface area contributed by atoms with Crippen molar-refractivity contribution < 1.29 is 46.3 Å². The highest BCUT2D eigenvalue weighted by Crippen LogP contribution is 2.50. The van der Waals surface area contributed by atoms with Crippen LogP contribution in [0.25, 0.3) is 0 Å². The van der Waals surface area contributed by atoms with Gasteiger partial charge in [-0.05, 0) is 43.7 Å². The lowest BCUT2D eigenvalue weighted by Crippen LogP contribution is -2.62. The lowest BCUT2D eigenvalue weighted by Gasteiger charge is -2.41. The van der Waals surface area contributed by atoms with Gasteiger partial charge in [0.2, 0.25) is 11.8 Å². The number of rotatable bonds is 8. The van der Waals surface area contributed by atoms with Crippen molar-refractivity contribution in [2.24, 2.45) is 11.8 Å². The molecule has 14 heteroatoms. The van der Waals surface area contributed by atoms with Gasteiger partial charge in [0, 0.05) is 19.0 Å². The van der Waals surface area contributed by atoms with Gasteiger partial charge >= 0.3 is 18.2 Å². The quantitative estimate of drug-likeness (QED) is 0.339. The van der Waals surface area contributed by atoms with E-state index in [0.717, 1.165) is 11.0 Å². The highest BCUT2D eigenvalue weighted by atomic mass is 19.4. The summed E-state index contributed by atoms with van der Waals surface area (Å²) in [4.78, 5) is 64.3. The van der Waals surface area contributed by atoms with Gasteiger partial charge in [0.05, 0.1) is 11.7 Å². The molecule has 3 N–H and O–H groups in total. The predicted molar refractivity (Wildman–Crippen MR) is 117 cm³/mol. The number of amides is 4. The number of hydrogen-bond acceptors (Lipinski definition) is 6. The van der Waals surface area contributed by atoms with Crippen LogP contribution in [0.5, 0.6) is 0 Å². The van der Waals surface area contributed by atoms with Crippen molar-refractivity contribution in [3.8, 4) is 0 Å². The number of ketones is 1. The molecule has 5 rings (SSSR count). The van der Waals surface area contributed by atoms with Crippen LogP contribution in [0.4, 0.5) is 23.2 Å². The minimum Gasteiger partial charge on any atom is -0.356 e. The minimum atomic E-state index is -5.07. The molecule has 1 aliphatic carbocycles. The zero-order valence-electron chi connectivity index (χ0n) is 19.4. The maximum absolute atomic E-state index is 13.9. The van der Waals surface area contributed by atoms with Crippen molar-refractivity contribution in [2.45, 2.75) is 43.6 Å². The number of halogens is 4. The number of nitrogens with zero attached hydrogens (tertiary/aromatic N) is 1. The van der Waals surface area contributed by atoms with Crippen LogP contribution in [-0.2, 0) is 28.7 Å². The predicted octanol–water partition coefficient (Wildman–Crippen LogP) is 0.872. The molecule has 2 bridgehead atoms. The Bertz CT molecular complexity index is 1120. The molecule has 0 spiro atoms. The Morgan fingerprint density at radius 1 is 1.19 bits per heavy atom. The number of alkyl halides is 3. The molecule has 1 aromatic rings. The summed E-state index contributed by atoms with van der Waals surface area (Å²) in [5.41, 5.74) is -1.72. The summed E-state index contributed by atoms with van der Waals surface area (Å²) >= 11 is 0. The molecule has 37 heavy (non-hydrogen) atoms. The number of fused-ring (bicyclic) bond motifs is 1. The summed E-state index contributed by atoms with van der Waals surface area (Å²) in [5, 5.41) is 7.12. The third kappa shape index (κ3) is 5.58. The molecule has 3 heterocycles. The molecule has 3 saturated heterocycles. The molecule has 200 valence electrons. The van der Waals surface area contributed by atoms with Crippen LogP contribution in [0, 0.1) is 17.7 Å². The molecule has 4 aliphatic rings. The van der Waals surface area contributed by atoms with Gasteiger partial charge in [-0.3, -0.25) is 28.7 Å². The van der Waals surface area contributed by atoms with E-state index < -0.39 is 65.7 Å². The Labute approximate surface area is 208 Å². The van der Waals surface area contributed by atoms with E-state index in [9.17, 15) is 41.5 Å². The summed E-state index contributed by atoms with van der Waals surface area (Å²) < 4.78 is 55.0. The molecule has 4 fully saturated rings. The van der Waals surface area contributed by atoms with E-state index in [1.807, 2.05) is 0 Å². The van der Waals surface area contributed by atoms with Crippen molar-refractivity contribution >= 4 is 35.1 Å². The smallest absolute Gasteiger partial charge is 0.356 e. The van der Waals surface area contributed by atoms with E-state index in [1.54, 1.807) is 0 Å². The zero-order valence-corrected chi connectivity index (χ0v) is 19.4. The van der Waals surface area contributed by atoms with E-state index >= 15 is 0 Å². The Kier molecular flexibility index (Phi) is 7.22. The second-order valence-electron chi connectivity index (χ2n) is 9.39. The fourth-order valence-corrected chi connectivity index (χ4v) is 5.10. The summed E-state index contributed by atoms with van der Waals surface area (Å²) in [5.74, 6) is -6.13. The van der Waals surface area contributed by atoms with E-state index in [1.165, 1.54) is 18.2 Å². The number of nitrogens with one attached hydrogen (secondary N) is 3. The van der Waals surface area contributed by atoms with Crippen molar-refractivity contribution in [3.63, 3.8) is 0 Å². The maximum atomic E-state index is 13.9. The number of anilines is 1. The average molecular weight is 528 g/mol. The first kappa shape index (κ1) is 26.5. The SMILES string of the molecule is O=C(Nc1ccccc1F)C(=O)N1C[C@H]2C[C@]1(C(=O)N[C@@H](C[C@@H]1CCNC1=O)C(=O)COC(F)(F)F)C2. The van der Waals surface area contributed by atoms with Gasteiger partial charge in [0.25, 0.3) is 0 Å². The first-order valence-electron chi connectivity index (χ1n) is 11.6. The fourth-order valence-electron chi connectivity index (χ4n) is 5.10. The largest absolute Gasteiger partial charge is 0.522 e. The van der Waals surface area contributed by atoms with Crippen molar-refractivity contribution in [2.75, 3.05) is 25.0 Å². The van der Waals surface area contributed by atoms with Gasteiger partial charge in [-0.15, -0.1) is 13.2 Å². The molecule has 4 amide bonds. The second-order valence-corrected chi connectivity index (χ2v) is 9.39. The molecular formula is C23H24F4N4O6. The Morgan fingerprint density at radius 3 is 2.51 bits per heavy atom. The van der Waals surface area contributed by atoms with Crippen LogP contribution >= 0.6 is 0 Å². The average Bonchev–Trinajstić information content (AvgIpc) is 3.51. The van der Waals surface area contributed by atoms with Gasteiger partial charge in [0.1, 0.15) is 18.0 Å². The van der Waals surface area contributed by atoms with Crippen LogP contribution < -0.4 is 16.0 Å². The van der Waals surface area contributed by atoms with Gasteiger partial charge in [-0.1, -0.05) is 12.1 Å². The lowest BCUT2D eigenvalue weighted by atomic mass is 9.72. The van der Waals surface area contributed by atoms with E-state index in [-0.39, 0.29) is 37.4 Å². The minimum absolute atomic E-state index is 0.0672. The molecule has 10 nitrogen and oxygen atoms in total. The fraction of sp³-hybridized carbons (Fsp3) is 0.522. The molecular weight excluding hydrogens is 504 g/mol. The van der Waals surface area contributed by atoms with Crippen LogP contribution in [0.1, 0.15) is 25.7 Å². The van der Waals surface area contributed by atoms with Crippen LogP contribution in [0.3, 0.4) is 0 Å². The normalized spacial score (nSPS) is 25.2. The lowest BCUT2D eigenvalue weighted by molar-refractivity contribution is -0.321. The third-order valence-electron chi connectivity index (χ3n) is 6.95. The Balaban J connectivity index is 1.47. The zero-order chi connectivity index (χ0) is 27.0. The first-order valence-corrected chi connectivity index (χ1v) is 11.6. The first-order chi connectivity index (χ1) is 17.4. The third-order valence-corrected chi connectivity index (χ3v) is 6.95. The molecule has 0 aromatic heterocycles. The molecule has 0 unspecified atom stereocenters. The Hall–Kier alpha value is -3.55. The van der Waals surface area contributed by atoms with Crippen LogP contribution in [0.2, 0.25) is 0 Å². The van der Waals surface area contributed by atoms with Crippen LogP contribution in [0.15, 0.2) is 24.3 Å². The summed E-state index contributed by atoms with van der Waals surface area (Å²) in [7, 11) is 0. The van der Waals surface area contributed by atoms with Gasteiger partial charge in [0.15, 0.2) is 5.78 Å². The number of carbonyl (C=O) groups excluding carboxylic acids is 5. The highest BCUT2D eigenvalue weighted by Gasteiger charge is 2.63. The second kappa shape index (κ2) is 10.1. The van der Waals surface area contributed by atoms with E-state index in [2.05, 4.69) is 20.7 Å². The number of para-hydroxylation sites is 1. The standard InChI is InChI=1S/C23H24F4N4O6/c24-14-3-1-2-4-15(14)29-19(34)20(35)31-10-12-8-22(31,9-12)21(36)30-16(7-13-5-6-28-18(13)33)17(32)11-37-23(25,26)27/h1-4,12-13,16H,5-11H2,(H,28,33)(H,29,34)(H,30,36)/t12-,13-,16-,22+/m0/s1. The van der Waals surface area contributed by atoms with Gasteiger partial charge < -0.3 is 20.9 Å². The summed E-state index contributed by atoms with van der Waals surface area (Å²) in [6, 6.07) is 3.71. The monoisotopic (exact) mass is 528 g/mol. The number of hydrogen-bond donors (Lipinski definition) is 3. The van der Waals surface area contributed by atoms with Crippen molar-refractivity contribution in [1.29, 1.82) is 0 Å².